The standard InChI is InChI=1S/C49H52Cl2F3N7O7/c1-28-23-36(60(25-29-12-16-32(64-8)17-13-29)26-30-14-18-33(65-9)19-15-30)57-40(38(28)49(52,53)54)34-24-35-37-41(39(34)50)66-22-21-59(43(37)58-44(51)56-35)27-31-11-10-20-55-42(31)61(45(62)67-47(2,3)4)46(63)68-48(5,6)7/h10-20,23,34H,21-22,24-27H2,1-9H3. The Morgan fingerprint density at radius 2 is 1.41 bits per heavy atom. The highest BCUT2D eigenvalue weighted by atomic mass is 35.5. The van der Waals surface area contributed by atoms with Crippen molar-refractivity contribution in [2.75, 3.05) is 42.1 Å². The number of carbonyl (C=O) groups is 2. The Labute approximate surface area is 403 Å². The number of pyridine rings is 2. The Hall–Kier alpha value is -6.33. The zero-order valence-corrected chi connectivity index (χ0v) is 40.6. The van der Waals surface area contributed by atoms with Gasteiger partial charge >= 0.3 is 18.4 Å². The van der Waals surface area contributed by atoms with E-state index in [4.69, 9.17) is 51.9 Å². The minimum absolute atomic E-state index is 0.0119. The molecular weight excluding hydrogens is 926 g/mol. The molecule has 1 atom stereocenters. The molecule has 68 heavy (non-hydrogen) atoms. The number of aromatic nitrogens is 4. The van der Waals surface area contributed by atoms with Gasteiger partial charge in [0.25, 0.3) is 0 Å². The Bertz CT molecular complexity index is 2630. The Morgan fingerprint density at radius 3 is 1.94 bits per heavy atom. The molecule has 0 spiro atoms. The number of carbonyl (C=O) groups excluding carboxylic acids is 2. The van der Waals surface area contributed by atoms with E-state index in [-0.39, 0.29) is 89.7 Å². The van der Waals surface area contributed by atoms with Crippen LogP contribution in [0.4, 0.5) is 40.2 Å². The average Bonchev–Trinajstić information content (AvgIpc) is 3.43. The van der Waals surface area contributed by atoms with Crippen LogP contribution in [0.1, 0.15) is 92.2 Å². The van der Waals surface area contributed by atoms with Gasteiger partial charge in [0.1, 0.15) is 46.7 Å². The van der Waals surface area contributed by atoms with Crippen molar-refractivity contribution in [2.24, 2.45) is 0 Å². The molecule has 4 heterocycles. The molecule has 0 saturated carbocycles. The fourth-order valence-electron chi connectivity index (χ4n) is 7.92. The highest BCUT2D eigenvalue weighted by molar-refractivity contribution is 6.33. The largest absolute Gasteiger partial charge is 0.497 e. The van der Waals surface area contributed by atoms with Gasteiger partial charge in [0, 0.05) is 43.7 Å². The summed E-state index contributed by atoms with van der Waals surface area (Å²) in [5.41, 5.74) is -0.524. The number of amides is 2. The van der Waals surface area contributed by atoms with Crippen molar-refractivity contribution in [3.8, 4) is 11.5 Å². The predicted molar refractivity (Wildman–Crippen MR) is 252 cm³/mol. The van der Waals surface area contributed by atoms with Gasteiger partial charge in [-0.2, -0.15) is 23.1 Å². The maximum absolute atomic E-state index is 15.4. The molecular formula is C49H52Cl2F3N7O7. The fourth-order valence-corrected chi connectivity index (χ4v) is 8.43. The second-order valence-corrected chi connectivity index (χ2v) is 19.0. The number of halogens is 5. The second-order valence-electron chi connectivity index (χ2n) is 18.2. The topological polar surface area (TPSA) is 142 Å². The summed E-state index contributed by atoms with van der Waals surface area (Å²) in [7, 11) is 3.14. The first-order valence-corrected chi connectivity index (χ1v) is 22.4. The van der Waals surface area contributed by atoms with E-state index in [0.717, 1.165) is 16.0 Å². The second kappa shape index (κ2) is 19.7. The van der Waals surface area contributed by atoms with Crippen LogP contribution in [0.25, 0.3) is 5.76 Å². The van der Waals surface area contributed by atoms with Crippen LogP contribution in [-0.2, 0) is 46.4 Å². The fraction of sp³-hybridized carbons (Fsp3) is 0.388. The molecule has 2 aliphatic rings. The molecule has 0 N–H and O–H groups in total. The van der Waals surface area contributed by atoms with Gasteiger partial charge in [-0.05, 0) is 113 Å². The minimum atomic E-state index is -4.83. The molecule has 5 aromatic rings. The molecule has 1 aliphatic carbocycles. The molecule has 7 rings (SSSR count). The van der Waals surface area contributed by atoms with E-state index in [0.29, 0.717) is 22.6 Å². The molecule has 19 heteroatoms. The summed E-state index contributed by atoms with van der Waals surface area (Å²) < 4.78 is 74.4. The van der Waals surface area contributed by atoms with Crippen molar-refractivity contribution in [1.29, 1.82) is 0 Å². The lowest BCUT2D eigenvalue weighted by atomic mass is 9.86. The van der Waals surface area contributed by atoms with E-state index in [9.17, 15) is 9.59 Å². The van der Waals surface area contributed by atoms with Crippen molar-refractivity contribution in [3.63, 3.8) is 0 Å². The number of aryl methyl sites for hydroxylation is 1. The summed E-state index contributed by atoms with van der Waals surface area (Å²) in [5.74, 6) is 0.700. The SMILES string of the molecule is COc1ccc(CN(Cc2ccc(OC)cc2)c2cc(C)c(C(F)(F)F)c(C3Cc4nc(Cl)nc5c4C(=C3Cl)OCCN5Cc3cccnc3N(C(=O)OC(C)(C)C)C(=O)OC(C)(C)C)n2)cc1. The van der Waals surface area contributed by atoms with Crippen molar-refractivity contribution >= 4 is 58.6 Å². The third-order valence-corrected chi connectivity index (χ3v) is 11.4. The number of hydrogen-bond donors (Lipinski definition) is 0. The van der Waals surface area contributed by atoms with Crippen LogP contribution in [0, 0.1) is 6.92 Å². The summed E-state index contributed by atoms with van der Waals surface area (Å²) in [6.07, 6.45) is -5.57. The smallest absolute Gasteiger partial charge is 0.425 e. The molecule has 1 aliphatic heterocycles. The van der Waals surface area contributed by atoms with Gasteiger partial charge in [-0.15, -0.1) is 0 Å². The van der Waals surface area contributed by atoms with Crippen molar-refractivity contribution in [1.82, 2.24) is 19.9 Å². The molecule has 0 saturated heterocycles. The van der Waals surface area contributed by atoms with Crippen LogP contribution in [0.3, 0.4) is 0 Å². The number of ether oxygens (including phenoxy) is 5. The number of methoxy groups -OCH3 is 2. The first-order chi connectivity index (χ1) is 32.0. The van der Waals surface area contributed by atoms with E-state index < -0.39 is 41.0 Å². The Morgan fingerprint density at radius 1 is 0.838 bits per heavy atom. The number of benzene rings is 2. The van der Waals surface area contributed by atoms with E-state index in [1.807, 2.05) is 53.4 Å². The number of hydrogen-bond acceptors (Lipinski definition) is 13. The molecule has 360 valence electrons. The lowest BCUT2D eigenvalue weighted by Gasteiger charge is -2.31. The van der Waals surface area contributed by atoms with Crippen LogP contribution >= 0.6 is 23.2 Å². The summed E-state index contributed by atoms with van der Waals surface area (Å²) >= 11 is 13.9. The zero-order valence-electron chi connectivity index (χ0n) is 39.1. The van der Waals surface area contributed by atoms with Crippen molar-refractivity contribution < 1.29 is 46.4 Å². The maximum atomic E-state index is 15.4. The first-order valence-electron chi connectivity index (χ1n) is 21.7. The van der Waals surface area contributed by atoms with Gasteiger partial charge in [0.2, 0.25) is 5.28 Å². The van der Waals surface area contributed by atoms with Crippen LogP contribution in [-0.4, -0.2) is 70.7 Å². The number of rotatable bonds is 11. The zero-order chi connectivity index (χ0) is 49.3. The molecule has 3 aromatic heterocycles. The molecule has 14 nitrogen and oxygen atoms in total. The molecule has 2 amide bonds. The number of allylic oxidation sites excluding steroid dienone is 1. The van der Waals surface area contributed by atoms with E-state index in [1.165, 1.54) is 19.2 Å². The molecule has 2 aromatic carbocycles. The number of alkyl halides is 3. The molecule has 0 fully saturated rings. The third-order valence-electron chi connectivity index (χ3n) is 10.8. The Balaban J connectivity index is 1.31. The third kappa shape index (κ3) is 11.3. The highest BCUT2D eigenvalue weighted by Crippen LogP contribution is 2.49. The van der Waals surface area contributed by atoms with Gasteiger partial charge in [0.15, 0.2) is 5.82 Å². The minimum Gasteiger partial charge on any atom is -0.497 e. The lowest BCUT2D eigenvalue weighted by Crippen LogP contribution is -2.45. The van der Waals surface area contributed by atoms with Crippen LogP contribution < -0.4 is 24.2 Å². The van der Waals surface area contributed by atoms with Gasteiger partial charge in [-0.1, -0.05) is 41.9 Å². The van der Waals surface area contributed by atoms with Crippen LogP contribution in [0.5, 0.6) is 11.5 Å². The van der Waals surface area contributed by atoms with Gasteiger partial charge in [-0.3, -0.25) is 0 Å². The molecule has 0 bridgehead atoms. The monoisotopic (exact) mass is 977 g/mol. The molecule has 1 unspecified atom stereocenters. The number of anilines is 3. The maximum Gasteiger partial charge on any atom is 0.425 e. The van der Waals surface area contributed by atoms with Gasteiger partial charge in [0.05, 0.1) is 48.3 Å². The highest BCUT2D eigenvalue weighted by Gasteiger charge is 2.44. The van der Waals surface area contributed by atoms with Crippen LogP contribution in [0.2, 0.25) is 5.28 Å². The summed E-state index contributed by atoms with van der Waals surface area (Å²) in [5, 5.41) is -0.211. The average molecular weight is 979 g/mol. The van der Waals surface area contributed by atoms with Gasteiger partial charge in [-0.25, -0.2) is 24.5 Å². The summed E-state index contributed by atoms with van der Waals surface area (Å²) in [6.45, 7) is 12.1. The van der Waals surface area contributed by atoms with Gasteiger partial charge < -0.3 is 33.5 Å². The van der Waals surface area contributed by atoms with E-state index in [2.05, 4.69) is 15.0 Å². The summed E-state index contributed by atoms with van der Waals surface area (Å²) in [4.78, 5) is 50.3. The van der Waals surface area contributed by atoms with E-state index >= 15 is 13.2 Å². The normalized spacial score (nSPS) is 14.9. The van der Waals surface area contributed by atoms with E-state index in [1.54, 1.807) is 72.8 Å². The van der Waals surface area contributed by atoms with Crippen molar-refractivity contribution in [2.45, 2.75) is 97.8 Å². The van der Waals surface area contributed by atoms with Crippen molar-refractivity contribution in [3.05, 3.63) is 128 Å². The summed E-state index contributed by atoms with van der Waals surface area (Å²) in [6, 6.07) is 19.6. The van der Waals surface area contributed by atoms with Crippen LogP contribution in [0.15, 0.2) is 78.0 Å². The quantitative estimate of drug-likeness (QED) is 0.116. The lowest BCUT2D eigenvalue weighted by molar-refractivity contribution is -0.139. The number of nitrogens with zero attached hydrogens (tertiary/aromatic N) is 7. The number of imide groups is 1. The molecule has 0 radical (unpaired) electrons. The first kappa shape index (κ1) is 49.6. The Kier molecular flexibility index (Phi) is 14.4. The predicted octanol–water partition coefficient (Wildman–Crippen LogP) is 11.4.